The summed E-state index contributed by atoms with van der Waals surface area (Å²) >= 11 is 7.05. The molecule has 240 valence electrons. The van der Waals surface area contributed by atoms with Crippen molar-refractivity contribution in [3.8, 4) is 17.2 Å². The minimum Gasteiger partial charge on any atom is -0.497 e. The Morgan fingerprint density at radius 2 is 1.59 bits per heavy atom. The number of hydrogen-bond donors (Lipinski definition) is 2. The molecule has 1 aliphatic rings. The number of benzene rings is 4. The maximum Gasteiger partial charge on any atom is 0.252 e. The van der Waals surface area contributed by atoms with Crippen LogP contribution in [-0.4, -0.2) is 56.4 Å². The molecule has 0 unspecified atom stereocenters. The standard InChI is InChI=1S/C36H36Br2N2O6/c1-43-31-16-17-32(44-2)27(22-31)18-19-39-35(42)36(23-24-4-10-28(37)11-5-24)33(25-6-12-29(38)13-7-25)46-34(40-36)26-8-14-30(15-9-26)45-21-3-20-41/h4-17,22,33,41H,3,18-21,23H2,1-2H3,(H,39,42)/t33-,36-/m1/s1. The smallest absolute Gasteiger partial charge is 0.252 e. The van der Waals surface area contributed by atoms with Gasteiger partial charge in [0.2, 0.25) is 5.90 Å². The number of aliphatic hydroxyl groups is 1. The van der Waals surface area contributed by atoms with E-state index < -0.39 is 11.6 Å². The van der Waals surface area contributed by atoms with Gasteiger partial charge in [0.15, 0.2) is 11.6 Å². The summed E-state index contributed by atoms with van der Waals surface area (Å²) in [6.45, 7) is 0.828. The van der Waals surface area contributed by atoms with Crippen molar-refractivity contribution in [3.05, 3.63) is 122 Å². The maximum absolute atomic E-state index is 14.5. The average molecular weight is 753 g/mol. The number of aliphatic hydroxyl groups excluding tert-OH is 1. The van der Waals surface area contributed by atoms with E-state index in [-0.39, 0.29) is 12.5 Å². The molecule has 0 fully saturated rings. The van der Waals surface area contributed by atoms with Gasteiger partial charge in [0.25, 0.3) is 5.91 Å². The van der Waals surface area contributed by atoms with Crippen LogP contribution >= 0.6 is 31.9 Å². The van der Waals surface area contributed by atoms with E-state index in [1.165, 1.54) is 0 Å². The van der Waals surface area contributed by atoms with Gasteiger partial charge in [0, 0.05) is 40.5 Å². The fourth-order valence-corrected chi connectivity index (χ4v) is 5.90. The van der Waals surface area contributed by atoms with E-state index in [1.807, 2.05) is 91.0 Å². The van der Waals surface area contributed by atoms with E-state index in [2.05, 4.69) is 37.2 Å². The summed E-state index contributed by atoms with van der Waals surface area (Å²) < 4.78 is 25.2. The topological polar surface area (TPSA) is 98.6 Å². The number of amides is 1. The molecule has 2 N–H and O–H groups in total. The molecule has 5 rings (SSSR count). The first-order valence-electron chi connectivity index (χ1n) is 14.9. The number of nitrogens with one attached hydrogen (secondary N) is 1. The van der Waals surface area contributed by atoms with E-state index in [9.17, 15) is 4.79 Å². The van der Waals surface area contributed by atoms with Gasteiger partial charge in [-0.3, -0.25) is 4.79 Å². The molecular formula is C36H36Br2N2O6. The van der Waals surface area contributed by atoms with Crippen LogP contribution in [0.1, 0.15) is 34.8 Å². The number of halogens is 2. The fourth-order valence-electron chi connectivity index (χ4n) is 5.37. The number of methoxy groups -OCH3 is 2. The summed E-state index contributed by atoms with van der Waals surface area (Å²) in [5.41, 5.74) is 2.10. The Hall–Kier alpha value is -3.86. The molecule has 0 aromatic heterocycles. The number of rotatable bonds is 14. The highest BCUT2D eigenvalue weighted by Crippen LogP contribution is 2.43. The van der Waals surface area contributed by atoms with Gasteiger partial charge >= 0.3 is 0 Å². The summed E-state index contributed by atoms with van der Waals surface area (Å²) in [5, 5.41) is 12.2. The lowest BCUT2D eigenvalue weighted by Crippen LogP contribution is -2.50. The second-order valence-corrected chi connectivity index (χ2v) is 12.7. The fraction of sp³-hybridized carbons (Fsp3) is 0.278. The summed E-state index contributed by atoms with van der Waals surface area (Å²) in [5.74, 6) is 2.24. The van der Waals surface area contributed by atoms with Crippen LogP contribution in [0.5, 0.6) is 17.2 Å². The molecule has 0 saturated carbocycles. The maximum atomic E-state index is 14.5. The second-order valence-electron chi connectivity index (χ2n) is 10.8. The SMILES string of the molecule is COc1ccc(OC)c(CCNC(=O)[C@]2(Cc3ccc(Br)cc3)N=C(c3ccc(OCCCO)cc3)O[C@@H]2c2ccc(Br)cc2)c1. The first-order chi connectivity index (χ1) is 22.3. The van der Waals surface area contributed by atoms with Gasteiger partial charge < -0.3 is 29.4 Å². The third-order valence-electron chi connectivity index (χ3n) is 7.76. The number of aliphatic imine (C=N–C) groups is 1. The van der Waals surface area contributed by atoms with Gasteiger partial charge in [-0.05, 0) is 89.8 Å². The number of ether oxygens (including phenoxy) is 4. The molecule has 46 heavy (non-hydrogen) atoms. The molecule has 4 aromatic carbocycles. The normalized spacial score (nSPS) is 17.2. The van der Waals surface area contributed by atoms with Gasteiger partial charge in [-0.2, -0.15) is 0 Å². The summed E-state index contributed by atoms with van der Waals surface area (Å²) in [6, 6.07) is 28.7. The van der Waals surface area contributed by atoms with Crippen molar-refractivity contribution in [2.75, 3.05) is 34.0 Å². The minimum atomic E-state index is -1.31. The zero-order chi connectivity index (χ0) is 32.5. The van der Waals surface area contributed by atoms with E-state index >= 15 is 0 Å². The van der Waals surface area contributed by atoms with Crippen molar-refractivity contribution in [2.45, 2.75) is 30.9 Å². The molecular weight excluding hydrogens is 716 g/mol. The van der Waals surface area contributed by atoms with Crippen LogP contribution in [0.15, 0.2) is 105 Å². The first kappa shape index (κ1) is 33.5. The molecule has 2 atom stereocenters. The number of carbonyl (C=O) groups excluding carboxylic acids is 1. The van der Waals surface area contributed by atoms with Crippen LogP contribution in [0.25, 0.3) is 0 Å². The van der Waals surface area contributed by atoms with Crippen molar-refractivity contribution in [1.29, 1.82) is 0 Å². The zero-order valence-corrected chi connectivity index (χ0v) is 28.8. The Bertz CT molecular complexity index is 1650. The van der Waals surface area contributed by atoms with Crippen molar-refractivity contribution >= 4 is 43.7 Å². The van der Waals surface area contributed by atoms with E-state index in [1.54, 1.807) is 14.2 Å². The molecule has 1 heterocycles. The lowest BCUT2D eigenvalue weighted by Gasteiger charge is -2.31. The molecule has 1 amide bonds. The second kappa shape index (κ2) is 15.6. The van der Waals surface area contributed by atoms with Gasteiger partial charge in [0.05, 0.1) is 20.8 Å². The van der Waals surface area contributed by atoms with Crippen LogP contribution < -0.4 is 19.5 Å². The lowest BCUT2D eigenvalue weighted by atomic mass is 9.82. The van der Waals surface area contributed by atoms with Crippen molar-refractivity contribution in [1.82, 2.24) is 5.32 Å². The van der Waals surface area contributed by atoms with Crippen LogP contribution in [-0.2, 0) is 22.4 Å². The summed E-state index contributed by atoms with van der Waals surface area (Å²) in [4.78, 5) is 19.6. The number of nitrogens with zero attached hydrogens (tertiary/aromatic N) is 1. The molecule has 10 heteroatoms. The molecule has 0 spiro atoms. The highest BCUT2D eigenvalue weighted by atomic mass is 79.9. The van der Waals surface area contributed by atoms with Crippen molar-refractivity contribution in [2.24, 2.45) is 4.99 Å². The van der Waals surface area contributed by atoms with Crippen LogP contribution in [0.3, 0.4) is 0 Å². The van der Waals surface area contributed by atoms with Gasteiger partial charge in [0.1, 0.15) is 17.2 Å². The van der Waals surface area contributed by atoms with Gasteiger partial charge in [-0.1, -0.05) is 56.1 Å². The molecule has 4 aromatic rings. The van der Waals surface area contributed by atoms with Crippen LogP contribution in [0.2, 0.25) is 0 Å². The van der Waals surface area contributed by atoms with Gasteiger partial charge in [-0.25, -0.2) is 4.99 Å². The van der Waals surface area contributed by atoms with Crippen molar-refractivity contribution < 1.29 is 28.8 Å². The Morgan fingerprint density at radius 3 is 2.24 bits per heavy atom. The molecule has 0 aliphatic carbocycles. The van der Waals surface area contributed by atoms with E-state index in [0.29, 0.717) is 49.8 Å². The largest absolute Gasteiger partial charge is 0.497 e. The Labute approximate surface area is 286 Å². The summed E-state index contributed by atoms with van der Waals surface area (Å²) in [6.07, 6.45) is 0.677. The quantitative estimate of drug-likeness (QED) is 0.137. The third-order valence-corrected chi connectivity index (χ3v) is 8.81. The molecule has 1 aliphatic heterocycles. The molecule has 8 nitrogen and oxygen atoms in total. The average Bonchev–Trinajstić information content (AvgIpc) is 3.46. The van der Waals surface area contributed by atoms with Crippen LogP contribution in [0, 0.1) is 0 Å². The zero-order valence-electron chi connectivity index (χ0n) is 25.7. The van der Waals surface area contributed by atoms with E-state index in [0.717, 1.165) is 36.9 Å². The van der Waals surface area contributed by atoms with Crippen molar-refractivity contribution in [3.63, 3.8) is 0 Å². The molecule has 0 saturated heterocycles. The Morgan fingerprint density at radius 1 is 0.913 bits per heavy atom. The Kier molecular flexibility index (Phi) is 11.4. The lowest BCUT2D eigenvalue weighted by molar-refractivity contribution is -0.128. The third kappa shape index (κ3) is 7.92. The summed E-state index contributed by atoms with van der Waals surface area (Å²) in [7, 11) is 3.24. The Balaban J connectivity index is 1.51. The monoisotopic (exact) mass is 750 g/mol. The first-order valence-corrected chi connectivity index (χ1v) is 16.5. The minimum absolute atomic E-state index is 0.0653. The van der Waals surface area contributed by atoms with Crippen LogP contribution in [0.4, 0.5) is 0 Å². The van der Waals surface area contributed by atoms with E-state index in [4.69, 9.17) is 29.0 Å². The highest BCUT2D eigenvalue weighted by Gasteiger charge is 2.53. The highest BCUT2D eigenvalue weighted by molar-refractivity contribution is 9.10. The molecule has 0 bridgehead atoms. The predicted octanol–water partition coefficient (Wildman–Crippen LogP) is 6.85. The predicted molar refractivity (Wildman–Crippen MR) is 185 cm³/mol. The number of carbonyl (C=O) groups is 1. The number of hydrogen-bond acceptors (Lipinski definition) is 7. The molecule has 0 radical (unpaired) electrons. The van der Waals surface area contributed by atoms with Gasteiger partial charge in [-0.15, -0.1) is 0 Å².